The van der Waals surface area contributed by atoms with Crippen molar-refractivity contribution in [3.05, 3.63) is 34.1 Å². The fourth-order valence-corrected chi connectivity index (χ4v) is 2.49. The van der Waals surface area contributed by atoms with Crippen LogP contribution in [0, 0.1) is 5.82 Å². The molecule has 0 N–H and O–H groups in total. The second-order valence-corrected chi connectivity index (χ2v) is 5.58. The molecule has 1 nitrogen and oxygen atoms in total. The number of hydrogen-bond donors (Lipinski definition) is 0. The van der Waals surface area contributed by atoms with Gasteiger partial charge in [-0.25, -0.2) is 4.39 Å². The molecule has 0 aromatic heterocycles. The molecule has 0 aliphatic rings. The molecule has 0 heterocycles. The van der Waals surface area contributed by atoms with Crippen molar-refractivity contribution in [2.45, 2.75) is 31.0 Å². The minimum absolute atomic E-state index is 0.186. The SMILES string of the molecule is CCCC(=O)C(Br)Cc1ccc(F)cc1Br. The molecule has 0 spiro atoms. The van der Waals surface area contributed by atoms with E-state index in [0.29, 0.717) is 17.3 Å². The van der Waals surface area contributed by atoms with Crippen LogP contribution in [0.15, 0.2) is 22.7 Å². The van der Waals surface area contributed by atoms with Crippen molar-refractivity contribution in [1.82, 2.24) is 0 Å². The Morgan fingerprint density at radius 3 is 2.75 bits per heavy atom. The molecule has 0 aliphatic heterocycles. The highest BCUT2D eigenvalue weighted by Crippen LogP contribution is 2.22. The number of benzene rings is 1. The van der Waals surface area contributed by atoms with E-state index in [9.17, 15) is 9.18 Å². The number of hydrogen-bond acceptors (Lipinski definition) is 1. The Bertz CT molecular complexity index is 379. The Hall–Kier alpha value is -0.220. The number of carbonyl (C=O) groups is 1. The number of halogens is 3. The second-order valence-electron chi connectivity index (χ2n) is 3.62. The van der Waals surface area contributed by atoms with Crippen molar-refractivity contribution in [3.63, 3.8) is 0 Å². The molecule has 0 aliphatic carbocycles. The molecule has 1 unspecified atom stereocenters. The Labute approximate surface area is 112 Å². The molecule has 1 rings (SSSR count). The maximum Gasteiger partial charge on any atom is 0.146 e. The van der Waals surface area contributed by atoms with Crippen molar-refractivity contribution < 1.29 is 9.18 Å². The minimum Gasteiger partial charge on any atom is -0.298 e. The molecule has 16 heavy (non-hydrogen) atoms. The van der Waals surface area contributed by atoms with Crippen LogP contribution in [-0.4, -0.2) is 10.6 Å². The van der Waals surface area contributed by atoms with E-state index in [2.05, 4.69) is 31.9 Å². The van der Waals surface area contributed by atoms with Crippen LogP contribution >= 0.6 is 31.9 Å². The molecule has 0 fully saturated rings. The lowest BCUT2D eigenvalue weighted by molar-refractivity contribution is -0.118. The number of Topliss-reactive ketones (excluding diaryl/α,β-unsaturated/α-hetero) is 1. The largest absolute Gasteiger partial charge is 0.298 e. The maximum atomic E-state index is 12.9. The molecular formula is C12H13Br2FO. The predicted octanol–water partition coefficient (Wildman–Crippen LogP) is 4.26. The first kappa shape index (κ1) is 13.8. The van der Waals surface area contributed by atoms with Gasteiger partial charge in [0.1, 0.15) is 11.6 Å². The summed E-state index contributed by atoms with van der Waals surface area (Å²) in [5, 5.41) is 0. The highest BCUT2D eigenvalue weighted by Gasteiger charge is 2.15. The van der Waals surface area contributed by atoms with Gasteiger partial charge < -0.3 is 0 Å². The quantitative estimate of drug-likeness (QED) is 0.724. The maximum absolute atomic E-state index is 12.9. The van der Waals surface area contributed by atoms with Gasteiger partial charge in [0.25, 0.3) is 0 Å². The Morgan fingerprint density at radius 1 is 1.50 bits per heavy atom. The standard InChI is InChI=1S/C12H13Br2FO/c1-2-3-12(16)11(14)6-8-4-5-9(15)7-10(8)13/h4-5,7,11H,2-3,6H2,1H3. The lowest BCUT2D eigenvalue weighted by atomic mass is 10.1. The van der Waals surface area contributed by atoms with E-state index in [1.807, 2.05) is 6.92 Å². The third-order valence-electron chi connectivity index (χ3n) is 2.26. The van der Waals surface area contributed by atoms with Crippen LogP contribution in [0.2, 0.25) is 0 Å². The Balaban J connectivity index is 2.69. The number of carbonyl (C=O) groups excluding carboxylic acids is 1. The fraction of sp³-hybridized carbons (Fsp3) is 0.417. The highest BCUT2D eigenvalue weighted by atomic mass is 79.9. The van der Waals surface area contributed by atoms with Crippen molar-refractivity contribution in [2.75, 3.05) is 0 Å². The molecule has 4 heteroatoms. The van der Waals surface area contributed by atoms with Crippen LogP contribution in [0.5, 0.6) is 0 Å². The topological polar surface area (TPSA) is 17.1 Å². The summed E-state index contributed by atoms with van der Waals surface area (Å²) in [6.45, 7) is 1.98. The van der Waals surface area contributed by atoms with Gasteiger partial charge in [-0.3, -0.25) is 4.79 Å². The molecular weight excluding hydrogens is 339 g/mol. The molecule has 88 valence electrons. The van der Waals surface area contributed by atoms with Crippen LogP contribution in [-0.2, 0) is 11.2 Å². The summed E-state index contributed by atoms with van der Waals surface area (Å²) in [5.41, 5.74) is 0.938. The summed E-state index contributed by atoms with van der Waals surface area (Å²) in [6.07, 6.45) is 2.01. The summed E-state index contributed by atoms with van der Waals surface area (Å²) in [5.74, 6) is -0.0830. The van der Waals surface area contributed by atoms with Gasteiger partial charge in [-0.1, -0.05) is 44.8 Å². The third-order valence-corrected chi connectivity index (χ3v) is 3.83. The van der Waals surface area contributed by atoms with E-state index in [1.54, 1.807) is 6.07 Å². The molecule has 0 bridgehead atoms. The van der Waals surface area contributed by atoms with Gasteiger partial charge >= 0.3 is 0 Å². The average molecular weight is 352 g/mol. The molecule has 1 aromatic carbocycles. The first-order chi connectivity index (χ1) is 7.54. The van der Waals surface area contributed by atoms with Crippen LogP contribution in [0.1, 0.15) is 25.3 Å². The second kappa shape index (κ2) is 6.50. The van der Waals surface area contributed by atoms with E-state index < -0.39 is 0 Å². The zero-order valence-corrected chi connectivity index (χ0v) is 12.1. The van der Waals surface area contributed by atoms with Crippen LogP contribution < -0.4 is 0 Å². The zero-order valence-electron chi connectivity index (χ0n) is 8.97. The smallest absolute Gasteiger partial charge is 0.146 e. The van der Waals surface area contributed by atoms with Gasteiger partial charge in [-0.05, 0) is 30.5 Å². The summed E-state index contributed by atoms with van der Waals surface area (Å²) < 4.78 is 13.6. The van der Waals surface area contributed by atoms with Crippen molar-refractivity contribution >= 4 is 37.6 Å². The Kier molecular flexibility index (Phi) is 5.62. The summed E-state index contributed by atoms with van der Waals surface area (Å²) >= 11 is 6.66. The minimum atomic E-state index is -0.276. The van der Waals surface area contributed by atoms with Gasteiger partial charge in [0.2, 0.25) is 0 Å². The van der Waals surface area contributed by atoms with E-state index >= 15 is 0 Å². The Morgan fingerprint density at radius 2 is 2.19 bits per heavy atom. The van der Waals surface area contributed by atoms with Crippen molar-refractivity contribution in [3.8, 4) is 0 Å². The lowest BCUT2D eigenvalue weighted by Crippen LogP contribution is -2.16. The van der Waals surface area contributed by atoms with Gasteiger partial charge in [-0.2, -0.15) is 0 Å². The molecule has 0 radical (unpaired) electrons. The first-order valence-electron chi connectivity index (χ1n) is 5.15. The van der Waals surface area contributed by atoms with Crippen molar-refractivity contribution in [2.24, 2.45) is 0 Å². The predicted molar refractivity (Wildman–Crippen MR) is 70.4 cm³/mol. The van der Waals surface area contributed by atoms with Crippen molar-refractivity contribution in [1.29, 1.82) is 0 Å². The van der Waals surface area contributed by atoms with E-state index in [-0.39, 0.29) is 16.4 Å². The number of ketones is 1. The van der Waals surface area contributed by atoms with E-state index in [1.165, 1.54) is 12.1 Å². The lowest BCUT2D eigenvalue weighted by Gasteiger charge is -2.09. The van der Waals surface area contributed by atoms with Gasteiger partial charge in [-0.15, -0.1) is 0 Å². The zero-order chi connectivity index (χ0) is 12.1. The normalized spacial score (nSPS) is 12.5. The monoisotopic (exact) mass is 350 g/mol. The molecule has 0 saturated carbocycles. The van der Waals surface area contributed by atoms with E-state index in [4.69, 9.17) is 0 Å². The number of alkyl halides is 1. The summed E-state index contributed by atoms with van der Waals surface area (Å²) in [6, 6.07) is 4.52. The fourth-order valence-electron chi connectivity index (χ4n) is 1.40. The van der Waals surface area contributed by atoms with Gasteiger partial charge in [0, 0.05) is 10.9 Å². The molecule has 1 aromatic rings. The van der Waals surface area contributed by atoms with E-state index in [0.717, 1.165) is 12.0 Å². The van der Waals surface area contributed by atoms with Gasteiger partial charge in [0.15, 0.2) is 0 Å². The van der Waals surface area contributed by atoms with Gasteiger partial charge in [0.05, 0.1) is 4.83 Å². The summed E-state index contributed by atoms with van der Waals surface area (Å²) in [4.78, 5) is 11.4. The first-order valence-corrected chi connectivity index (χ1v) is 6.86. The number of rotatable bonds is 5. The third kappa shape index (κ3) is 3.98. The average Bonchev–Trinajstić information content (AvgIpc) is 2.22. The van der Waals surface area contributed by atoms with Crippen LogP contribution in [0.25, 0.3) is 0 Å². The van der Waals surface area contributed by atoms with Crippen LogP contribution in [0.4, 0.5) is 4.39 Å². The summed E-state index contributed by atoms with van der Waals surface area (Å²) in [7, 11) is 0. The van der Waals surface area contributed by atoms with Crippen LogP contribution in [0.3, 0.4) is 0 Å². The highest BCUT2D eigenvalue weighted by molar-refractivity contribution is 9.10. The molecule has 0 amide bonds. The molecule has 1 atom stereocenters. The molecule has 0 saturated heterocycles.